The highest BCUT2D eigenvalue weighted by Crippen LogP contribution is 2.42. The Hall–Kier alpha value is -1.41. The molecule has 0 aliphatic carbocycles. The molecule has 0 saturated heterocycles. The zero-order valence-corrected chi connectivity index (χ0v) is 10.6. The number of hydrogen-bond donors (Lipinski definition) is 1. The number of anilines is 1. The van der Waals surface area contributed by atoms with Crippen LogP contribution in [0.2, 0.25) is 0 Å². The predicted octanol–water partition coefficient (Wildman–Crippen LogP) is 4.25. The van der Waals surface area contributed by atoms with Crippen molar-refractivity contribution in [2.45, 2.75) is 17.1 Å². The topological polar surface area (TPSA) is 12.0 Å². The first-order valence-electron chi connectivity index (χ1n) is 5.89. The molecule has 2 heteroatoms. The summed E-state index contributed by atoms with van der Waals surface area (Å²) < 4.78 is 0. The summed E-state index contributed by atoms with van der Waals surface area (Å²) in [6.45, 7) is 3.14. The molecule has 1 unspecified atom stereocenters. The van der Waals surface area contributed by atoms with E-state index in [0.717, 1.165) is 6.54 Å². The van der Waals surface area contributed by atoms with E-state index in [1.54, 1.807) is 0 Å². The van der Waals surface area contributed by atoms with Crippen molar-refractivity contribution < 1.29 is 0 Å². The van der Waals surface area contributed by atoms with Gasteiger partial charge >= 0.3 is 0 Å². The summed E-state index contributed by atoms with van der Waals surface area (Å²) in [6, 6.07) is 17.4. The first-order chi connectivity index (χ1) is 8.33. The Balaban J connectivity index is 1.86. The van der Waals surface area contributed by atoms with Gasteiger partial charge in [0.15, 0.2) is 0 Å². The number of fused-ring (bicyclic) bond motifs is 1. The van der Waals surface area contributed by atoms with Gasteiger partial charge in [0.1, 0.15) is 0 Å². The fourth-order valence-electron chi connectivity index (χ4n) is 2.08. The highest BCUT2D eigenvalue weighted by molar-refractivity contribution is 7.99. The maximum atomic E-state index is 3.50. The van der Waals surface area contributed by atoms with Crippen LogP contribution in [0.25, 0.3) is 0 Å². The molecule has 0 radical (unpaired) electrons. The molecule has 86 valence electrons. The van der Waals surface area contributed by atoms with Crippen LogP contribution in [0.4, 0.5) is 5.69 Å². The summed E-state index contributed by atoms with van der Waals surface area (Å²) in [5.74, 6) is 0. The second-order valence-corrected chi connectivity index (χ2v) is 5.64. The maximum absolute atomic E-state index is 3.50. The van der Waals surface area contributed by atoms with Crippen LogP contribution < -0.4 is 5.32 Å². The highest BCUT2D eigenvalue weighted by atomic mass is 32.2. The van der Waals surface area contributed by atoms with E-state index in [1.165, 1.54) is 21.7 Å². The van der Waals surface area contributed by atoms with Gasteiger partial charge in [-0.15, -0.1) is 11.8 Å². The molecule has 0 spiro atoms. The fraction of sp³-hybridized carbons (Fsp3) is 0.200. The second kappa shape index (κ2) is 4.46. The van der Waals surface area contributed by atoms with Gasteiger partial charge in [-0.25, -0.2) is 0 Å². The van der Waals surface area contributed by atoms with Gasteiger partial charge in [-0.1, -0.05) is 42.0 Å². The maximum Gasteiger partial charge on any atom is 0.0517 e. The first-order valence-corrected chi connectivity index (χ1v) is 6.77. The third-order valence-electron chi connectivity index (χ3n) is 3.08. The lowest BCUT2D eigenvalue weighted by Gasteiger charge is -2.25. The highest BCUT2D eigenvalue weighted by Gasteiger charge is 2.19. The molecule has 2 aromatic carbocycles. The Bertz CT molecular complexity index is 519. The van der Waals surface area contributed by atoms with Crippen LogP contribution in [-0.2, 0) is 0 Å². The summed E-state index contributed by atoms with van der Waals surface area (Å²) in [5.41, 5.74) is 3.99. The predicted molar refractivity (Wildman–Crippen MR) is 74.7 cm³/mol. The van der Waals surface area contributed by atoms with E-state index in [2.05, 4.69) is 60.8 Å². The Morgan fingerprint density at radius 3 is 2.65 bits per heavy atom. The minimum atomic E-state index is 0.519. The van der Waals surface area contributed by atoms with Crippen molar-refractivity contribution in [2.24, 2.45) is 0 Å². The van der Waals surface area contributed by atoms with Gasteiger partial charge < -0.3 is 5.32 Å². The van der Waals surface area contributed by atoms with Gasteiger partial charge in [-0.05, 0) is 24.6 Å². The fourth-order valence-corrected chi connectivity index (χ4v) is 3.27. The Morgan fingerprint density at radius 1 is 1.06 bits per heavy atom. The van der Waals surface area contributed by atoms with Crippen LogP contribution in [0.15, 0.2) is 53.4 Å². The number of rotatable bonds is 1. The molecule has 1 aliphatic heterocycles. The van der Waals surface area contributed by atoms with Crippen LogP contribution in [0, 0.1) is 6.92 Å². The molecule has 0 bridgehead atoms. The van der Waals surface area contributed by atoms with E-state index in [1.807, 2.05) is 11.8 Å². The average Bonchev–Trinajstić information content (AvgIpc) is 2.39. The Kier molecular flexibility index (Phi) is 2.81. The third-order valence-corrected chi connectivity index (χ3v) is 4.42. The van der Waals surface area contributed by atoms with Crippen molar-refractivity contribution in [1.29, 1.82) is 0 Å². The normalized spacial score (nSPS) is 18.3. The molecule has 1 N–H and O–H groups in total. The van der Waals surface area contributed by atoms with Crippen LogP contribution in [0.3, 0.4) is 0 Å². The largest absolute Gasteiger partial charge is 0.383 e. The number of para-hydroxylation sites is 1. The average molecular weight is 241 g/mol. The van der Waals surface area contributed by atoms with E-state index in [4.69, 9.17) is 0 Å². The lowest BCUT2D eigenvalue weighted by Crippen LogP contribution is -2.15. The smallest absolute Gasteiger partial charge is 0.0517 e. The zero-order chi connectivity index (χ0) is 11.7. The lowest BCUT2D eigenvalue weighted by atomic mass is 10.1. The van der Waals surface area contributed by atoms with E-state index < -0.39 is 0 Å². The first kappa shape index (κ1) is 10.7. The van der Waals surface area contributed by atoms with Gasteiger partial charge in [0.05, 0.1) is 5.25 Å². The molecule has 0 fully saturated rings. The van der Waals surface area contributed by atoms with E-state index in [0.29, 0.717) is 5.25 Å². The van der Waals surface area contributed by atoms with E-state index in [9.17, 15) is 0 Å². The molecular weight excluding hydrogens is 226 g/mol. The molecular formula is C15H15NS. The van der Waals surface area contributed by atoms with Crippen LogP contribution in [-0.4, -0.2) is 6.54 Å². The monoisotopic (exact) mass is 241 g/mol. The Labute approximate surface area is 106 Å². The molecule has 1 heterocycles. The molecule has 0 aromatic heterocycles. The molecule has 3 rings (SSSR count). The number of aryl methyl sites for hydroxylation is 1. The SMILES string of the molecule is Cc1ccc(C2CNc3ccccc3S2)cc1. The minimum absolute atomic E-state index is 0.519. The summed E-state index contributed by atoms with van der Waals surface area (Å²) in [5, 5.41) is 4.02. The minimum Gasteiger partial charge on any atom is -0.383 e. The number of nitrogens with one attached hydrogen (secondary N) is 1. The van der Waals surface area contributed by atoms with Gasteiger partial charge in [0, 0.05) is 17.1 Å². The van der Waals surface area contributed by atoms with Crippen molar-refractivity contribution in [3.8, 4) is 0 Å². The van der Waals surface area contributed by atoms with Gasteiger partial charge in [0.25, 0.3) is 0 Å². The van der Waals surface area contributed by atoms with E-state index in [-0.39, 0.29) is 0 Å². The molecule has 1 aliphatic rings. The lowest BCUT2D eigenvalue weighted by molar-refractivity contribution is 0.963. The van der Waals surface area contributed by atoms with Gasteiger partial charge in [-0.2, -0.15) is 0 Å². The molecule has 1 nitrogen and oxygen atoms in total. The summed E-state index contributed by atoms with van der Waals surface area (Å²) >= 11 is 1.95. The quantitative estimate of drug-likeness (QED) is 0.801. The van der Waals surface area contributed by atoms with E-state index >= 15 is 0 Å². The molecule has 0 amide bonds. The molecule has 2 aromatic rings. The van der Waals surface area contributed by atoms with Crippen molar-refractivity contribution in [2.75, 3.05) is 11.9 Å². The second-order valence-electron chi connectivity index (χ2n) is 4.39. The summed E-state index contributed by atoms with van der Waals surface area (Å²) in [4.78, 5) is 1.35. The summed E-state index contributed by atoms with van der Waals surface area (Å²) in [7, 11) is 0. The molecule has 0 saturated carbocycles. The van der Waals surface area contributed by atoms with Crippen LogP contribution >= 0.6 is 11.8 Å². The molecule has 1 atom stereocenters. The zero-order valence-electron chi connectivity index (χ0n) is 9.81. The van der Waals surface area contributed by atoms with Crippen molar-refractivity contribution >= 4 is 17.4 Å². The third kappa shape index (κ3) is 2.18. The van der Waals surface area contributed by atoms with Crippen molar-refractivity contribution in [3.05, 3.63) is 59.7 Å². The van der Waals surface area contributed by atoms with Gasteiger partial charge in [0.2, 0.25) is 0 Å². The van der Waals surface area contributed by atoms with Crippen LogP contribution in [0.1, 0.15) is 16.4 Å². The van der Waals surface area contributed by atoms with Gasteiger partial charge in [-0.3, -0.25) is 0 Å². The number of benzene rings is 2. The summed E-state index contributed by atoms with van der Waals surface area (Å²) in [6.07, 6.45) is 0. The standard InChI is InChI=1S/C15H15NS/c1-11-6-8-12(9-7-11)15-10-16-13-4-2-3-5-14(13)17-15/h2-9,15-16H,10H2,1H3. The number of hydrogen-bond acceptors (Lipinski definition) is 2. The van der Waals surface area contributed by atoms with Crippen LogP contribution in [0.5, 0.6) is 0 Å². The van der Waals surface area contributed by atoms with Crippen molar-refractivity contribution in [3.63, 3.8) is 0 Å². The number of thioether (sulfide) groups is 1. The van der Waals surface area contributed by atoms with Crippen molar-refractivity contribution in [1.82, 2.24) is 0 Å². The Morgan fingerprint density at radius 2 is 1.82 bits per heavy atom. The molecule has 17 heavy (non-hydrogen) atoms.